The van der Waals surface area contributed by atoms with Crippen LogP contribution in [0.5, 0.6) is 0 Å². The minimum Gasteiger partial charge on any atom is -0.343 e. The minimum absolute atomic E-state index is 0.225. The zero-order chi connectivity index (χ0) is 14.5. The standard InChI is InChI=1S/C13H11N7O/c21-13(10-7-15-4-5-16-10)17-8-11-18-12(20-19-11)9-2-1-3-14-6-9/h1-7H,8H2,(H,17,21)(H,18,19,20). The number of nitrogens with one attached hydrogen (secondary N) is 2. The third-order valence-corrected chi connectivity index (χ3v) is 2.66. The molecule has 3 rings (SSSR count). The van der Waals surface area contributed by atoms with Gasteiger partial charge in [0.25, 0.3) is 5.91 Å². The molecule has 0 saturated carbocycles. The Balaban J connectivity index is 1.64. The highest BCUT2D eigenvalue weighted by Gasteiger charge is 2.09. The number of H-pyrrole nitrogens is 1. The summed E-state index contributed by atoms with van der Waals surface area (Å²) in [6.45, 7) is 0.225. The van der Waals surface area contributed by atoms with Crippen molar-refractivity contribution in [2.24, 2.45) is 0 Å². The molecular weight excluding hydrogens is 270 g/mol. The highest BCUT2D eigenvalue weighted by Crippen LogP contribution is 2.11. The summed E-state index contributed by atoms with van der Waals surface area (Å²) in [5.41, 5.74) is 1.06. The normalized spacial score (nSPS) is 10.3. The zero-order valence-electron chi connectivity index (χ0n) is 10.9. The summed E-state index contributed by atoms with van der Waals surface area (Å²) in [5, 5.41) is 9.54. The van der Waals surface area contributed by atoms with Crippen molar-refractivity contribution >= 4 is 5.91 Å². The fourth-order valence-corrected chi connectivity index (χ4v) is 1.67. The first-order valence-electron chi connectivity index (χ1n) is 6.19. The maximum absolute atomic E-state index is 11.8. The smallest absolute Gasteiger partial charge is 0.271 e. The summed E-state index contributed by atoms with van der Waals surface area (Å²) in [6.07, 6.45) is 7.72. The second-order valence-corrected chi connectivity index (χ2v) is 4.12. The predicted octanol–water partition coefficient (Wildman–Crippen LogP) is 0.587. The molecule has 3 aromatic rings. The Hall–Kier alpha value is -3.16. The summed E-state index contributed by atoms with van der Waals surface area (Å²) in [5.74, 6) is 0.764. The van der Waals surface area contributed by atoms with E-state index in [1.54, 1.807) is 18.5 Å². The number of nitrogens with zero attached hydrogens (tertiary/aromatic N) is 5. The average Bonchev–Trinajstić information content (AvgIpc) is 3.03. The molecule has 1 amide bonds. The summed E-state index contributed by atoms with van der Waals surface area (Å²) in [6, 6.07) is 3.67. The van der Waals surface area contributed by atoms with Crippen molar-refractivity contribution in [2.75, 3.05) is 0 Å². The Bertz CT molecular complexity index is 727. The minimum atomic E-state index is -0.317. The molecule has 0 aliphatic heterocycles. The summed E-state index contributed by atoms with van der Waals surface area (Å²) in [7, 11) is 0. The van der Waals surface area contributed by atoms with Crippen LogP contribution in [0.3, 0.4) is 0 Å². The molecule has 2 N–H and O–H groups in total. The number of carbonyl (C=O) groups excluding carboxylic acids is 1. The second-order valence-electron chi connectivity index (χ2n) is 4.12. The number of aromatic nitrogens is 6. The molecular formula is C13H11N7O. The molecule has 0 aliphatic carbocycles. The van der Waals surface area contributed by atoms with Crippen LogP contribution in [-0.2, 0) is 6.54 Å². The average molecular weight is 281 g/mol. The van der Waals surface area contributed by atoms with Gasteiger partial charge in [-0.05, 0) is 12.1 Å². The summed E-state index contributed by atoms with van der Waals surface area (Å²) < 4.78 is 0. The van der Waals surface area contributed by atoms with E-state index < -0.39 is 0 Å². The Morgan fingerprint density at radius 3 is 2.86 bits per heavy atom. The van der Waals surface area contributed by atoms with Crippen molar-refractivity contribution in [3.63, 3.8) is 0 Å². The SMILES string of the molecule is O=C(NCc1nc(-c2cccnc2)n[nH]1)c1cnccn1. The van der Waals surface area contributed by atoms with E-state index in [2.05, 4.69) is 35.5 Å². The van der Waals surface area contributed by atoms with Crippen molar-refractivity contribution in [3.8, 4) is 11.4 Å². The van der Waals surface area contributed by atoms with Gasteiger partial charge in [0.05, 0.1) is 12.7 Å². The lowest BCUT2D eigenvalue weighted by atomic mass is 10.3. The van der Waals surface area contributed by atoms with Gasteiger partial charge in [0, 0.05) is 30.4 Å². The second kappa shape index (κ2) is 5.87. The van der Waals surface area contributed by atoms with E-state index in [0.29, 0.717) is 11.6 Å². The van der Waals surface area contributed by atoms with E-state index in [9.17, 15) is 4.79 Å². The van der Waals surface area contributed by atoms with Crippen molar-refractivity contribution < 1.29 is 4.79 Å². The first kappa shape index (κ1) is 12.9. The third-order valence-electron chi connectivity index (χ3n) is 2.66. The van der Waals surface area contributed by atoms with Crippen molar-refractivity contribution in [1.29, 1.82) is 0 Å². The monoisotopic (exact) mass is 281 g/mol. The molecule has 104 valence electrons. The van der Waals surface area contributed by atoms with Gasteiger partial charge in [-0.25, -0.2) is 9.97 Å². The van der Waals surface area contributed by atoms with E-state index in [-0.39, 0.29) is 18.1 Å². The van der Waals surface area contributed by atoms with Crippen LogP contribution < -0.4 is 5.32 Å². The lowest BCUT2D eigenvalue weighted by molar-refractivity contribution is 0.0944. The summed E-state index contributed by atoms with van der Waals surface area (Å²) in [4.78, 5) is 27.9. The molecule has 0 atom stereocenters. The predicted molar refractivity (Wildman–Crippen MR) is 72.8 cm³/mol. The number of rotatable bonds is 4. The van der Waals surface area contributed by atoms with Gasteiger partial charge < -0.3 is 5.32 Å². The maximum atomic E-state index is 11.8. The quantitative estimate of drug-likeness (QED) is 0.724. The van der Waals surface area contributed by atoms with Gasteiger partial charge >= 0.3 is 0 Å². The van der Waals surface area contributed by atoms with E-state index in [1.807, 2.05) is 6.07 Å². The van der Waals surface area contributed by atoms with E-state index in [4.69, 9.17) is 0 Å². The first-order valence-corrected chi connectivity index (χ1v) is 6.19. The van der Waals surface area contributed by atoms with Crippen LogP contribution in [0.15, 0.2) is 43.1 Å². The molecule has 21 heavy (non-hydrogen) atoms. The molecule has 0 bridgehead atoms. The molecule has 0 aliphatic rings. The first-order chi connectivity index (χ1) is 10.3. The molecule has 8 heteroatoms. The van der Waals surface area contributed by atoms with Crippen LogP contribution in [-0.4, -0.2) is 36.0 Å². The van der Waals surface area contributed by atoms with Crippen molar-refractivity contribution in [3.05, 3.63) is 54.6 Å². The number of hydrogen-bond acceptors (Lipinski definition) is 6. The van der Waals surface area contributed by atoms with Crippen molar-refractivity contribution in [2.45, 2.75) is 6.54 Å². The Kier molecular flexibility index (Phi) is 3.59. The van der Waals surface area contributed by atoms with E-state index >= 15 is 0 Å². The molecule has 3 heterocycles. The summed E-state index contributed by atoms with van der Waals surface area (Å²) >= 11 is 0. The molecule has 0 aromatic carbocycles. The molecule has 0 unspecified atom stereocenters. The molecule has 0 saturated heterocycles. The van der Waals surface area contributed by atoms with Gasteiger partial charge in [-0.1, -0.05) is 0 Å². The Labute approximate surface area is 119 Å². The zero-order valence-corrected chi connectivity index (χ0v) is 10.9. The van der Waals surface area contributed by atoms with Gasteiger partial charge in [0.1, 0.15) is 11.5 Å². The number of carbonyl (C=O) groups is 1. The molecule has 3 aromatic heterocycles. The molecule has 0 fully saturated rings. The van der Waals surface area contributed by atoms with Crippen LogP contribution in [0.25, 0.3) is 11.4 Å². The van der Waals surface area contributed by atoms with Crippen LogP contribution in [0.1, 0.15) is 16.3 Å². The van der Waals surface area contributed by atoms with Gasteiger partial charge in [-0.3, -0.25) is 19.9 Å². The van der Waals surface area contributed by atoms with E-state index in [0.717, 1.165) is 5.56 Å². The fraction of sp³-hybridized carbons (Fsp3) is 0.0769. The largest absolute Gasteiger partial charge is 0.343 e. The van der Waals surface area contributed by atoms with Gasteiger partial charge in [0.15, 0.2) is 5.82 Å². The van der Waals surface area contributed by atoms with Gasteiger partial charge in [-0.15, -0.1) is 0 Å². The highest BCUT2D eigenvalue weighted by molar-refractivity contribution is 5.91. The maximum Gasteiger partial charge on any atom is 0.271 e. The van der Waals surface area contributed by atoms with Crippen LogP contribution in [0, 0.1) is 0 Å². The highest BCUT2D eigenvalue weighted by atomic mass is 16.1. The van der Waals surface area contributed by atoms with E-state index in [1.165, 1.54) is 18.6 Å². The lowest BCUT2D eigenvalue weighted by Gasteiger charge is -2.00. The Morgan fingerprint density at radius 1 is 1.19 bits per heavy atom. The topological polar surface area (TPSA) is 109 Å². The number of pyridine rings is 1. The van der Waals surface area contributed by atoms with Gasteiger partial charge in [-0.2, -0.15) is 5.10 Å². The lowest BCUT2D eigenvalue weighted by Crippen LogP contribution is -2.24. The van der Waals surface area contributed by atoms with Crippen LogP contribution in [0.4, 0.5) is 0 Å². The number of hydrogen-bond donors (Lipinski definition) is 2. The molecule has 0 radical (unpaired) electrons. The Morgan fingerprint density at radius 2 is 2.10 bits per heavy atom. The fourth-order valence-electron chi connectivity index (χ4n) is 1.67. The number of amides is 1. The van der Waals surface area contributed by atoms with Crippen LogP contribution in [0.2, 0.25) is 0 Å². The molecule has 0 spiro atoms. The van der Waals surface area contributed by atoms with Crippen molar-refractivity contribution in [1.82, 2.24) is 35.5 Å². The third kappa shape index (κ3) is 3.06. The van der Waals surface area contributed by atoms with Crippen LogP contribution >= 0.6 is 0 Å². The van der Waals surface area contributed by atoms with Gasteiger partial charge in [0.2, 0.25) is 0 Å². The molecule has 8 nitrogen and oxygen atoms in total. The number of aromatic amines is 1.